The number of anilines is 1. The van der Waals surface area contributed by atoms with Crippen molar-refractivity contribution >= 4 is 11.5 Å². The molecule has 1 N–H and O–H groups in total. The molecule has 0 radical (unpaired) electrons. The van der Waals surface area contributed by atoms with Gasteiger partial charge in [-0.3, -0.25) is 9.69 Å². The number of nitrogens with zero attached hydrogens (tertiary/aromatic N) is 1. The quantitative estimate of drug-likeness (QED) is 0.347. The number of allylic oxidation sites excluding steroid dienone is 1. The molecule has 2 aromatic carbocycles. The average molecular weight is 379 g/mol. The number of carbonyl (C=O) groups is 1. The predicted octanol–water partition coefficient (Wildman–Crippen LogP) is 5.27. The number of ketones is 1. The number of hydrogen-bond acceptors (Lipinski definition) is 4. The van der Waals surface area contributed by atoms with E-state index in [0.717, 1.165) is 30.8 Å². The van der Waals surface area contributed by atoms with Crippen LogP contribution in [0, 0.1) is 0 Å². The van der Waals surface area contributed by atoms with Gasteiger partial charge in [-0.1, -0.05) is 25.5 Å². The third-order valence-electron chi connectivity index (χ3n) is 4.92. The number of nitrogens with one attached hydrogen (secondary N) is 1. The number of hydrogen-bond donors (Lipinski definition) is 1. The van der Waals surface area contributed by atoms with Gasteiger partial charge in [0.05, 0.1) is 6.61 Å². The van der Waals surface area contributed by atoms with Crippen LogP contribution >= 0.6 is 0 Å². The second-order valence-electron chi connectivity index (χ2n) is 7.25. The highest BCUT2D eigenvalue weighted by Gasteiger charge is 2.11. The number of benzene rings is 2. The first-order valence-corrected chi connectivity index (χ1v) is 10.3. The standard InChI is InChI=1S/C24H30N2O2/c1-2-3-17-28-23-11-9-21(10-12-23)24(27)13-14-25-22-8-6-7-20(18-22)19-26-15-4-5-16-26/h6-14,18,25H,2-5,15-17,19H2,1H3. The molecule has 1 aliphatic rings. The first-order chi connectivity index (χ1) is 13.7. The van der Waals surface area contributed by atoms with E-state index in [9.17, 15) is 4.79 Å². The molecule has 1 saturated heterocycles. The maximum Gasteiger partial charge on any atom is 0.187 e. The molecular formula is C24H30N2O2. The summed E-state index contributed by atoms with van der Waals surface area (Å²) >= 11 is 0. The summed E-state index contributed by atoms with van der Waals surface area (Å²) in [5.41, 5.74) is 2.95. The van der Waals surface area contributed by atoms with Gasteiger partial charge in [-0.25, -0.2) is 0 Å². The molecular weight excluding hydrogens is 348 g/mol. The summed E-state index contributed by atoms with van der Waals surface area (Å²) in [5.74, 6) is 0.780. The van der Waals surface area contributed by atoms with E-state index in [1.807, 2.05) is 30.3 Å². The zero-order valence-electron chi connectivity index (χ0n) is 16.7. The average Bonchev–Trinajstić information content (AvgIpc) is 3.22. The molecule has 0 aliphatic carbocycles. The summed E-state index contributed by atoms with van der Waals surface area (Å²) in [6, 6.07) is 15.7. The van der Waals surface area contributed by atoms with Crippen LogP contribution in [-0.4, -0.2) is 30.4 Å². The summed E-state index contributed by atoms with van der Waals surface area (Å²) in [4.78, 5) is 14.8. The van der Waals surface area contributed by atoms with E-state index in [2.05, 4.69) is 35.3 Å². The van der Waals surface area contributed by atoms with Crippen molar-refractivity contribution in [3.05, 3.63) is 71.9 Å². The second kappa shape index (κ2) is 10.7. The van der Waals surface area contributed by atoms with Crippen molar-refractivity contribution in [2.45, 2.75) is 39.2 Å². The van der Waals surface area contributed by atoms with Gasteiger partial charge >= 0.3 is 0 Å². The normalized spacial score (nSPS) is 14.5. The van der Waals surface area contributed by atoms with Gasteiger partial charge in [-0.15, -0.1) is 0 Å². The lowest BCUT2D eigenvalue weighted by atomic mass is 10.1. The number of rotatable bonds is 10. The van der Waals surface area contributed by atoms with E-state index in [1.165, 1.54) is 31.5 Å². The molecule has 1 aliphatic heterocycles. The lowest BCUT2D eigenvalue weighted by Crippen LogP contribution is -2.18. The lowest BCUT2D eigenvalue weighted by Gasteiger charge is -2.15. The SMILES string of the molecule is CCCCOc1ccc(C(=O)C=CNc2cccc(CN3CCCC3)c2)cc1. The zero-order valence-corrected chi connectivity index (χ0v) is 16.7. The van der Waals surface area contributed by atoms with Gasteiger partial charge in [0.2, 0.25) is 0 Å². The largest absolute Gasteiger partial charge is 0.494 e. The smallest absolute Gasteiger partial charge is 0.187 e. The van der Waals surface area contributed by atoms with Crippen molar-refractivity contribution in [1.82, 2.24) is 4.90 Å². The summed E-state index contributed by atoms with van der Waals surface area (Å²) in [7, 11) is 0. The summed E-state index contributed by atoms with van der Waals surface area (Å²) in [6.07, 6.45) is 8.02. The first-order valence-electron chi connectivity index (χ1n) is 10.3. The Hall–Kier alpha value is -2.59. The lowest BCUT2D eigenvalue weighted by molar-refractivity contribution is 0.104. The summed E-state index contributed by atoms with van der Waals surface area (Å²) < 4.78 is 5.63. The highest BCUT2D eigenvalue weighted by molar-refractivity contribution is 6.04. The molecule has 0 unspecified atom stereocenters. The van der Waals surface area contributed by atoms with E-state index in [4.69, 9.17) is 4.74 Å². The highest BCUT2D eigenvalue weighted by Crippen LogP contribution is 2.17. The molecule has 0 bridgehead atoms. The highest BCUT2D eigenvalue weighted by atomic mass is 16.5. The van der Waals surface area contributed by atoms with E-state index < -0.39 is 0 Å². The van der Waals surface area contributed by atoms with Crippen LogP contribution in [0.25, 0.3) is 0 Å². The van der Waals surface area contributed by atoms with Gasteiger partial charge in [0.1, 0.15) is 5.75 Å². The third kappa shape index (κ3) is 6.24. The van der Waals surface area contributed by atoms with Gasteiger partial charge < -0.3 is 10.1 Å². The Bertz CT molecular complexity index is 777. The molecule has 3 rings (SSSR count). The number of ether oxygens (including phenoxy) is 1. The van der Waals surface area contributed by atoms with E-state index in [-0.39, 0.29) is 5.78 Å². The number of carbonyl (C=O) groups excluding carboxylic acids is 1. The fourth-order valence-corrected chi connectivity index (χ4v) is 3.32. The van der Waals surface area contributed by atoms with Crippen molar-refractivity contribution in [3.63, 3.8) is 0 Å². The van der Waals surface area contributed by atoms with Crippen LogP contribution in [0.4, 0.5) is 5.69 Å². The van der Waals surface area contributed by atoms with Crippen molar-refractivity contribution in [3.8, 4) is 5.75 Å². The van der Waals surface area contributed by atoms with Crippen LogP contribution < -0.4 is 10.1 Å². The molecule has 148 valence electrons. The van der Waals surface area contributed by atoms with Crippen molar-refractivity contribution in [2.75, 3.05) is 25.0 Å². The Balaban J connectivity index is 1.50. The van der Waals surface area contributed by atoms with Crippen LogP contribution in [0.15, 0.2) is 60.8 Å². The fraction of sp³-hybridized carbons (Fsp3) is 0.375. The monoisotopic (exact) mass is 378 g/mol. The van der Waals surface area contributed by atoms with Crippen molar-refractivity contribution in [1.29, 1.82) is 0 Å². The molecule has 1 fully saturated rings. The van der Waals surface area contributed by atoms with Crippen LogP contribution in [0.1, 0.15) is 48.5 Å². The molecule has 4 nitrogen and oxygen atoms in total. The van der Waals surface area contributed by atoms with E-state index >= 15 is 0 Å². The Morgan fingerprint density at radius 2 is 1.93 bits per heavy atom. The van der Waals surface area contributed by atoms with Crippen molar-refractivity contribution in [2.24, 2.45) is 0 Å². The minimum absolute atomic E-state index is 0.0270. The van der Waals surface area contributed by atoms with Crippen molar-refractivity contribution < 1.29 is 9.53 Å². The van der Waals surface area contributed by atoms with Crippen LogP contribution in [0.5, 0.6) is 5.75 Å². The van der Waals surface area contributed by atoms with E-state index in [1.54, 1.807) is 12.3 Å². The summed E-state index contributed by atoms with van der Waals surface area (Å²) in [6.45, 7) is 6.22. The first kappa shape index (κ1) is 20.2. The Morgan fingerprint density at radius 1 is 1.14 bits per heavy atom. The van der Waals surface area contributed by atoms with Gasteiger partial charge in [0.25, 0.3) is 0 Å². The Labute approximate surface area is 168 Å². The second-order valence-corrected chi connectivity index (χ2v) is 7.25. The minimum atomic E-state index is -0.0270. The van der Waals surface area contributed by atoms with Gasteiger partial charge in [0.15, 0.2) is 5.78 Å². The van der Waals surface area contributed by atoms with Crippen LogP contribution in [0.2, 0.25) is 0 Å². The molecule has 0 aromatic heterocycles. The maximum atomic E-state index is 12.3. The van der Waals surface area contributed by atoms with Crippen LogP contribution in [-0.2, 0) is 6.54 Å². The molecule has 0 atom stereocenters. The molecule has 1 heterocycles. The molecule has 0 spiro atoms. The fourth-order valence-electron chi connectivity index (χ4n) is 3.32. The maximum absolute atomic E-state index is 12.3. The Kier molecular flexibility index (Phi) is 7.68. The molecule has 0 amide bonds. The topological polar surface area (TPSA) is 41.6 Å². The van der Waals surface area contributed by atoms with Gasteiger partial charge in [0, 0.05) is 30.1 Å². The third-order valence-corrected chi connectivity index (χ3v) is 4.92. The molecule has 2 aromatic rings. The number of likely N-dealkylation sites (tertiary alicyclic amines) is 1. The molecule has 0 saturated carbocycles. The van der Waals surface area contributed by atoms with Gasteiger partial charge in [-0.2, -0.15) is 0 Å². The number of unbranched alkanes of at least 4 members (excludes halogenated alkanes) is 1. The summed E-state index contributed by atoms with van der Waals surface area (Å²) in [5, 5.41) is 3.21. The molecule has 4 heteroatoms. The molecule has 28 heavy (non-hydrogen) atoms. The minimum Gasteiger partial charge on any atom is -0.494 e. The zero-order chi connectivity index (χ0) is 19.6. The Morgan fingerprint density at radius 3 is 2.68 bits per heavy atom. The van der Waals surface area contributed by atoms with Gasteiger partial charge in [-0.05, 0) is 74.3 Å². The predicted molar refractivity (Wildman–Crippen MR) is 115 cm³/mol. The van der Waals surface area contributed by atoms with E-state index in [0.29, 0.717) is 12.2 Å². The van der Waals surface area contributed by atoms with Crippen LogP contribution in [0.3, 0.4) is 0 Å².